The van der Waals surface area contributed by atoms with Gasteiger partial charge in [0, 0.05) is 82.4 Å². The van der Waals surface area contributed by atoms with Crippen LogP contribution in [0.15, 0.2) is 80.2 Å². The van der Waals surface area contributed by atoms with Crippen LogP contribution in [0.4, 0.5) is 5.82 Å². The number of aromatic amines is 4. The van der Waals surface area contributed by atoms with E-state index in [0.717, 1.165) is 109 Å². The van der Waals surface area contributed by atoms with E-state index in [4.69, 9.17) is 61.5 Å². The topological polar surface area (TPSA) is 344 Å². The highest BCUT2D eigenvalue weighted by molar-refractivity contribution is 5.78. The van der Waals surface area contributed by atoms with Crippen LogP contribution in [0.2, 0.25) is 0 Å². The Morgan fingerprint density at radius 3 is 1.11 bits per heavy atom. The van der Waals surface area contributed by atoms with Gasteiger partial charge in [0.15, 0.2) is 0 Å². The second kappa shape index (κ2) is 46.2. The number of carbonyl (C=O) groups is 1. The monoisotopic (exact) mass is 1550 g/mol. The summed E-state index contributed by atoms with van der Waals surface area (Å²) >= 11 is 0. The van der Waals surface area contributed by atoms with Crippen molar-refractivity contribution in [3.05, 3.63) is 159 Å². The molecule has 5 aliphatic heterocycles. The lowest BCUT2D eigenvalue weighted by atomic mass is 10.0. The predicted molar refractivity (Wildman–Crippen MR) is 436 cm³/mol. The maximum absolute atomic E-state index is 12.2. The summed E-state index contributed by atoms with van der Waals surface area (Å²) in [5, 5.41) is 0. The number of anilines is 1. The van der Waals surface area contributed by atoms with Crippen molar-refractivity contribution in [2.24, 2.45) is 29.6 Å². The van der Waals surface area contributed by atoms with Gasteiger partial charge in [-0.2, -0.15) is 4.98 Å². The van der Waals surface area contributed by atoms with Crippen LogP contribution in [0.3, 0.4) is 0 Å². The average molecular weight is 1550 g/mol. The Morgan fingerprint density at radius 2 is 0.752 bits per heavy atom. The summed E-state index contributed by atoms with van der Waals surface area (Å²) in [6.45, 7) is 20.8. The minimum atomic E-state index is -0.531. The maximum Gasteiger partial charge on any atom is 0.351 e. The van der Waals surface area contributed by atoms with Gasteiger partial charge in [-0.3, -0.25) is 66.7 Å². The van der Waals surface area contributed by atoms with Gasteiger partial charge in [0.2, 0.25) is 0 Å². The Kier molecular flexibility index (Phi) is 37.2. The zero-order valence-electron chi connectivity index (χ0n) is 66.7. The van der Waals surface area contributed by atoms with E-state index in [9.17, 15) is 47.9 Å². The van der Waals surface area contributed by atoms with Crippen LogP contribution in [0.25, 0.3) is 6.08 Å². The Labute approximate surface area is 660 Å². The van der Waals surface area contributed by atoms with Crippen LogP contribution in [-0.4, -0.2) is 84.1 Å². The van der Waals surface area contributed by atoms with Crippen LogP contribution >= 0.6 is 0 Å². The van der Waals surface area contributed by atoms with Crippen LogP contribution in [0.5, 0.6) is 0 Å². The number of nitrogen functional groups attached to an aromatic ring is 1. The van der Waals surface area contributed by atoms with Gasteiger partial charge in [-0.15, -0.1) is 49.9 Å². The molecule has 0 aromatic carbocycles. The van der Waals surface area contributed by atoms with Gasteiger partial charge >= 0.3 is 28.4 Å². The molecule has 5 saturated heterocycles. The highest BCUT2D eigenvalue weighted by Crippen LogP contribution is 2.38. The number of Topliss-reactive ketones (excluding diaryl/α,β-unsaturated/α-hetero) is 1. The highest BCUT2D eigenvalue weighted by atomic mass is 16.5. The number of terminal acetylenes is 5. The van der Waals surface area contributed by atoms with Gasteiger partial charge in [-0.1, -0.05) is 117 Å². The van der Waals surface area contributed by atoms with Crippen LogP contribution in [0, 0.1) is 127 Å². The number of carbonyl (C=O) groups excluding carboxylic acids is 1. The summed E-state index contributed by atoms with van der Waals surface area (Å²) in [5.74, 6) is 32.0. The van der Waals surface area contributed by atoms with E-state index in [1.165, 1.54) is 59.8 Å². The Balaban J connectivity index is 0.000000221. The normalized spacial score (nSPS) is 23.6. The fraction of sp³-hybridized carbons (Fsp3) is 0.552. The van der Waals surface area contributed by atoms with Crippen molar-refractivity contribution in [3.63, 3.8) is 0 Å². The molecule has 602 valence electrons. The van der Waals surface area contributed by atoms with Gasteiger partial charge < -0.3 is 29.4 Å². The predicted octanol–water partition coefficient (Wildman–Crippen LogP) is 9.86. The highest BCUT2D eigenvalue weighted by Gasteiger charge is 2.37. The van der Waals surface area contributed by atoms with Gasteiger partial charge in [-0.25, -0.2) is 24.0 Å². The first-order valence-electron chi connectivity index (χ1n) is 39.2. The van der Waals surface area contributed by atoms with Crippen molar-refractivity contribution in [2.45, 2.75) is 279 Å². The first-order chi connectivity index (χ1) is 54.2. The van der Waals surface area contributed by atoms with E-state index in [2.05, 4.69) is 145 Å². The molecule has 26 heteroatoms. The third-order valence-electron chi connectivity index (χ3n) is 20.4. The molecule has 0 saturated carbocycles. The van der Waals surface area contributed by atoms with Crippen molar-refractivity contribution < 1.29 is 28.5 Å². The maximum atomic E-state index is 12.2. The second-order valence-electron chi connectivity index (χ2n) is 28.8. The molecule has 0 aliphatic carbocycles. The molecule has 15 atom stereocenters. The molecular formula is C87H109N11O15. The second-order valence-corrected chi connectivity index (χ2v) is 28.8. The first kappa shape index (κ1) is 91.0. The third kappa shape index (κ3) is 26.6. The molecule has 10 rings (SSSR count). The number of hydrogen-bond acceptors (Lipinski definition) is 17. The summed E-state index contributed by atoms with van der Waals surface area (Å²) in [6.07, 6.45) is 52.7. The van der Waals surface area contributed by atoms with Crippen molar-refractivity contribution in [1.29, 1.82) is 0 Å². The summed E-state index contributed by atoms with van der Waals surface area (Å²) < 4.78 is 36.7. The van der Waals surface area contributed by atoms with E-state index in [-0.39, 0.29) is 90.1 Å². The molecule has 0 radical (unpaired) electrons. The van der Waals surface area contributed by atoms with Crippen LogP contribution < -0.4 is 56.4 Å². The number of ketones is 1. The molecule has 0 unspecified atom stereocenters. The van der Waals surface area contributed by atoms with E-state index >= 15 is 0 Å². The molecule has 0 spiro atoms. The Hall–Kier alpha value is -10.9. The summed E-state index contributed by atoms with van der Waals surface area (Å²) in [7, 11) is 0. The van der Waals surface area contributed by atoms with Gasteiger partial charge in [0.05, 0.1) is 41.6 Å². The number of ether oxygens (including phenoxy) is 5. The molecule has 0 amide bonds. The number of rotatable bonds is 22. The van der Waals surface area contributed by atoms with E-state index in [1.807, 2.05) is 13.8 Å². The van der Waals surface area contributed by atoms with E-state index < -0.39 is 45.0 Å². The SMILES string of the molecule is C#C/C=C/c1cn([C@H]2C[C@@H](C)[C@@H](CC)O2)c(=O)[nH]c1=O.C#CCCC(=O)CCCC#Cc1cn([C@H]2C[C@@H](C)[C@@H](CC)O2)c(=O)[nH]c1=O.C#CCCCCC#Cc1cn([C@H]2C[C@@H](C)[C@@H](CC)O2)c(=O)[nH]c1=O.C#CCCCCC#Cc1cn([C@H]2C[C@@H](C)[C@@H](CC)O2)c(=O)nc1N.C#Cc1cn([C@H]2C[C@@H](C)[C@@H](CC)O2)c(=O)[nH]c1=O. The van der Waals surface area contributed by atoms with Crippen LogP contribution in [-0.2, 0) is 28.5 Å². The van der Waals surface area contributed by atoms with Crippen LogP contribution in [0.1, 0.15) is 276 Å². The number of unbranched alkanes of at least 4 members (excludes halogenated alkanes) is 7. The number of aromatic nitrogens is 10. The standard InChI is InChI=1S/C21H26N2O4.C19H25N3O2.C19H24N2O3.C15H18N2O3.C13H16N2O3/c1-4-6-11-17(24)12-9-7-8-10-16-14-23(21(26)22-20(16)25)19-13-15(3)18(5-2)27-19;1-4-6-7-8-9-10-11-15-13-22(19(23)21-18(15)20)17-12-14(3)16(5-2)24-17;1-4-6-7-8-9-10-11-15-13-21(19(23)20-18(15)22)17-12-14(3)16(5-2)24-17;1-4-6-7-11-9-17(15(19)16-14(11)18)13-8-10(3)12(5-2)20-13;1-4-9-7-15(13(17)14-12(9)16)11-6-8(3)10(5-2)18-11/h1,14-15,18-19H,5-7,9,11-13H2,2-3H3,(H,22,25,26);1,13-14,16-17H,5-9,12H2,2-3H3,(H2,20,21,23);1,13-14,16-17H,5-9,12H2,2-3H3,(H,20,22,23);1,6-7,9-10,12-13H,5,8H2,2-3H3,(H,16,18,19);1,7-8,10-11H,5-6H2,2-3H3,(H,14,16,17)/b;;;7-6+;/t15-,18-,19-;2*14-,16-,17-;10-,12-,13-;8-,10-,11-/m11111/s1. The number of H-pyrrole nitrogens is 4. The van der Waals surface area contributed by atoms with Crippen molar-refractivity contribution in [2.75, 3.05) is 5.73 Å². The molecular weight excluding hydrogens is 1440 g/mol. The van der Waals surface area contributed by atoms with E-state index in [1.54, 1.807) is 6.20 Å². The molecule has 5 aliphatic rings. The van der Waals surface area contributed by atoms with Gasteiger partial charge in [0.25, 0.3) is 22.2 Å². The minimum absolute atomic E-state index is 0.107. The molecule has 5 fully saturated rings. The largest absolute Gasteiger partial charge is 0.382 e. The third-order valence-corrected chi connectivity index (χ3v) is 20.4. The lowest BCUT2D eigenvalue weighted by Gasteiger charge is -2.15. The van der Waals surface area contributed by atoms with Crippen molar-refractivity contribution in [1.82, 2.24) is 47.8 Å². The lowest BCUT2D eigenvalue weighted by Crippen LogP contribution is -2.33. The summed E-state index contributed by atoms with van der Waals surface area (Å²) in [6, 6.07) is 0. The number of hydrogen-bond donors (Lipinski definition) is 5. The smallest absolute Gasteiger partial charge is 0.351 e. The van der Waals surface area contributed by atoms with Gasteiger partial charge in [-0.05, 0) is 138 Å². The zero-order chi connectivity index (χ0) is 82.8. The molecule has 26 nitrogen and oxygen atoms in total. The Morgan fingerprint density at radius 1 is 0.434 bits per heavy atom. The lowest BCUT2D eigenvalue weighted by molar-refractivity contribution is -0.119. The molecule has 5 aromatic rings. The molecule has 0 bridgehead atoms. The average Bonchev–Trinajstić information content (AvgIpc) is 1.72. The summed E-state index contributed by atoms with van der Waals surface area (Å²) in [4.78, 5) is 132. The number of nitrogens with one attached hydrogen (secondary N) is 4. The number of nitrogens with zero attached hydrogens (tertiary/aromatic N) is 6. The molecule has 113 heavy (non-hydrogen) atoms. The molecule has 6 N–H and O–H groups in total. The zero-order valence-corrected chi connectivity index (χ0v) is 66.7. The van der Waals surface area contributed by atoms with Crippen molar-refractivity contribution >= 4 is 17.7 Å². The fourth-order valence-electron chi connectivity index (χ4n) is 13.9. The number of nitrogens with two attached hydrogens (primary N) is 1. The Bertz CT molecular complexity index is 5090. The first-order valence-corrected chi connectivity index (χ1v) is 39.2. The summed E-state index contributed by atoms with van der Waals surface area (Å²) in [5.41, 5.74) is 3.22. The fourth-order valence-corrected chi connectivity index (χ4v) is 13.9. The molecule has 5 aromatic heterocycles. The quantitative estimate of drug-likeness (QED) is 0.0318. The van der Waals surface area contributed by atoms with E-state index in [0.29, 0.717) is 84.8 Å². The minimum Gasteiger partial charge on any atom is -0.382 e. The van der Waals surface area contributed by atoms with Gasteiger partial charge in [0.1, 0.15) is 59.4 Å². The number of allylic oxidation sites excluding steroid dienone is 1. The molecule has 10 heterocycles. The van der Waals surface area contributed by atoms with Crippen molar-refractivity contribution in [3.8, 4) is 97.2 Å².